The summed E-state index contributed by atoms with van der Waals surface area (Å²) >= 11 is 11.9. The van der Waals surface area contributed by atoms with Gasteiger partial charge in [-0.3, -0.25) is 38.4 Å². The summed E-state index contributed by atoms with van der Waals surface area (Å²) in [6.45, 7) is 6.32. The summed E-state index contributed by atoms with van der Waals surface area (Å²) in [5.74, 6) is 1.34. The molecule has 0 heterocycles. The summed E-state index contributed by atoms with van der Waals surface area (Å²) in [5, 5.41) is 2.62. The van der Waals surface area contributed by atoms with Crippen molar-refractivity contribution in [3.05, 3.63) is 29.8 Å². The predicted octanol–water partition coefficient (Wildman–Crippen LogP) is 1.77. The van der Waals surface area contributed by atoms with Crippen molar-refractivity contribution < 1.29 is 38.4 Å². The second-order valence-corrected chi connectivity index (χ2v) is 16.1. The minimum Gasteiger partial charge on any atom is -0.369 e. The van der Waals surface area contributed by atoms with E-state index in [1.165, 1.54) is 19.6 Å². The van der Waals surface area contributed by atoms with E-state index in [4.69, 9.17) is 41.8 Å². The number of terminal acetylenes is 2. The molecule has 0 aliphatic carbocycles. The molecule has 0 aliphatic heterocycles. The molecule has 1 aromatic rings. The number of rotatable bonds is 33. The first kappa shape index (κ1) is 57.5. The first-order valence-corrected chi connectivity index (χ1v) is 23.2. The summed E-state index contributed by atoms with van der Waals surface area (Å²) in [5.41, 5.74) is 7.33. The number of aryl methyl sites for hydroxylation is 1. The number of alkyl halides is 2. The highest BCUT2D eigenvalue weighted by Gasteiger charge is 2.29. The van der Waals surface area contributed by atoms with Gasteiger partial charge in [0.1, 0.15) is 13.1 Å². The number of amides is 8. The molecule has 1 aromatic carbocycles. The number of halogens is 2. The van der Waals surface area contributed by atoms with Gasteiger partial charge in [-0.25, -0.2) is 0 Å². The summed E-state index contributed by atoms with van der Waals surface area (Å²) in [6, 6.07) is 7.98. The average Bonchev–Trinajstić information content (AvgIpc) is 3.27. The van der Waals surface area contributed by atoms with Gasteiger partial charge in [0.25, 0.3) is 0 Å². The topological polar surface area (TPSA) is 197 Å². The van der Waals surface area contributed by atoms with Gasteiger partial charge in [0.2, 0.25) is 47.3 Å². The Morgan fingerprint density at radius 1 is 0.554 bits per heavy atom. The molecule has 0 fully saturated rings. The number of nitrogens with two attached hydrogens (primary N) is 1. The Labute approximate surface area is 395 Å². The third-order valence-electron chi connectivity index (χ3n) is 9.95. The summed E-state index contributed by atoms with van der Waals surface area (Å²) in [7, 11) is 0. The minimum atomic E-state index is -0.759. The van der Waals surface area contributed by atoms with Crippen LogP contribution in [0.1, 0.15) is 71.8 Å². The highest BCUT2D eigenvalue weighted by atomic mass is 35.5. The van der Waals surface area contributed by atoms with E-state index in [-0.39, 0.29) is 84.3 Å². The number of carbonyl (C=O) groups excluding carboxylic acids is 8. The van der Waals surface area contributed by atoms with Gasteiger partial charge in [-0.05, 0) is 56.2 Å². The van der Waals surface area contributed by atoms with E-state index >= 15 is 0 Å². The van der Waals surface area contributed by atoms with Crippen LogP contribution in [0.5, 0.6) is 0 Å². The lowest BCUT2D eigenvalue weighted by molar-refractivity contribution is -0.148. The molecule has 17 nitrogen and oxygen atoms in total. The highest BCUT2D eigenvalue weighted by molar-refractivity contribution is 6.18. The molecule has 360 valence electrons. The molecule has 65 heavy (non-hydrogen) atoms. The van der Waals surface area contributed by atoms with Crippen LogP contribution < -0.4 is 16.0 Å². The normalized spacial score (nSPS) is 10.5. The molecule has 1 rings (SSSR count). The van der Waals surface area contributed by atoms with Crippen molar-refractivity contribution in [3.63, 3.8) is 0 Å². The maximum atomic E-state index is 13.8. The standard InChI is InChI=1S/C46H69Cl2N9O8/c1-7-22-52(31-39(49)58)42(61)33-54(24-9-3)44(63)35-56(26-11-5)46(65)36-57(27-12-6)45(64)34-55(25-10-4)43(62)32-53(23-8-2)41(60)30-50-40(59)15-13-14-37-16-18-38(19-17-37)51(28-20-47)29-21-48/h1-2,16-19H,9-15,20-36H2,3-6H3,(H2,49,58)(H,50,59). The Hall–Kier alpha value is -5.52. The number of nitrogens with zero attached hydrogens (tertiary/aromatic N) is 7. The van der Waals surface area contributed by atoms with Gasteiger partial charge in [-0.15, -0.1) is 36.0 Å². The van der Waals surface area contributed by atoms with Crippen LogP contribution in [0.15, 0.2) is 24.3 Å². The van der Waals surface area contributed by atoms with Crippen LogP contribution >= 0.6 is 23.2 Å². The third-order valence-corrected chi connectivity index (χ3v) is 10.3. The molecular weight excluding hydrogens is 877 g/mol. The second-order valence-electron chi connectivity index (χ2n) is 15.3. The second kappa shape index (κ2) is 33.0. The summed E-state index contributed by atoms with van der Waals surface area (Å²) in [6.07, 6.45) is 14.3. The number of hydrogen-bond acceptors (Lipinski definition) is 9. The Morgan fingerprint density at radius 2 is 0.923 bits per heavy atom. The molecule has 0 spiro atoms. The summed E-state index contributed by atoms with van der Waals surface area (Å²) in [4.78, 5) is 115. The molecule has 8 amide bonds. The molecule has 19 heteroatoms. The Balaban J connectivity index is 2.94. The van der Waals surface area contributed by atoms with E-state index in [0.717, 1.165) is 21.1 Å². The molecule has 0 atom stereocenters. The highest BCUT2D eigenvalue weighted by Crippen LogP contribution is 2.17. The number of carbonyl (C=O) groups is 8. The zero-order valence-electron chi connectivity index (χ0n) is 38.7. The number of anilines is 1. The van der Waals surface area contributed by atoms with E-state index in [1.807, 2.05) is 52.0 Å². The first-order chi connectivity index (χ1) is 31.1. The van der Waals surface area contributed by atoms with Gasteiger partial charge in [0, 0.05) is 63.1 Å². The fourth-order valence-electron chi connectivity index (χ4n) is 6.71. The van der Waals surface area contributed by atoms with Crippen LogP contribution in [0, 0.1) is 24.7 Å². The lowest BCUT2D eigenvalue weighted by Gasteiger charge is -2.31. The molecular formula is C46H69Cl2N9O8. The van der Waals surface area contributed by atoms with Crippen molar-refractivity contribution in [2.75, 3.05) is 115 Å². The zero-order chi connectivity index (χ0) is 48.7. The quantitative estimate of drug-likeness (QED) is 0.0780. The number of benzene rings is 1. The smallest absolute Gasteiger partial charge is 0.243 e. The molecule has 0 unspecified atom stereocenters. The average molecular weight is 947 g/mol. The van der Waals surface area contributed by atoms with Crippen LogP contribution in [-0.2, 0) is 44.8 Å². The maximum absolute atomic E-state index is 13.8. The van der Waals surface area contributed by atoms with Crippen LogP contribution in [-0.4, -0.2) is 187 Å². The monoisotopic (exact) mass is 945 g/mol. The number of hydrogen-bond donors (Lipinski definition) is 2. The van der Waals surface area contributed by atoms with Gasteiger partial charge >= 0.3 is 0 Å². The van der Waals surface area contributed by atoms with Gasteiger partial charge in [0.15, 0.2) is 0 Å². The molecule has 3 N–H and O–H groups in total. The van der Waals surface area contributed by atoms with Crippen molar-refractivity contribution >= 4 is 76.1 Å². The van der Waals surface area contributed by atoms with Gasteiger partial charge in [-0.2, -0.15) is 0 Å². The van der Waals surface area contributed by atoms with Crippen molar-refractivity contribution in [3.8, 4) is 24.7 Å². The van der Waals surface area contributed by atoms with Crippen LogP contribution in [0.25, 0.3) is 0 Å². The van der Waals surface area contributed by atoms with E-state index in [9.17, 15) is 38.4 Å². The zero-order valence-corrected chi connectivity index (χ0v) is 40.2. The van der Waals surface area contributed by atoms with Gasteiger partial charge < -0.3 is 45.3 Å². The Kier molecular flexibility index (Phi) is 29.2. The minimum absolute atomic E-state index is 0.175. The van der Waals surface area contributed by atoms with E-state index in [1.54, 1.807) is 0 Å². The van der Waals surface area contributed by atoms with Crippen molar-refractivity contribution in [1.82, 2.24) is 34.7 Å². The molecule has 0 aromatic heterocycles. The largest absolute Gasteiger partial charge is 0.369 e. The predicted molar refractivity (Wildman–Crippen MR) is 254 cm³/mol. The van der Waals surface area contributed by atoms with E-state index in [2.05, 4.69) is 22.1 Å². The lowest BCUT2D eigenvalue weighted by atomic mass is 10.1. The van der Waals surface area contributed by atoms with Crippen LogP contribution in [0.4, 0.5) is 5.69 Å². The lowest BCUT2D eigenvalue weighted by Crippen LogP contribution is -2.52. The third kappa shape index (κ3) is 22.3. The molecule has 0 saturated carbocycles. The Bertz CT molecular complexity index is 1780. The van der Waals surface area contributed by atoms with E-state index < -0.39 is 54.4 Å². The van der Waals surface area contributed by atoms with Crippen molar-refractivity contribution in [2.24, 2.45) is 5.73 Å². The van der Waals surface area contributed by atoms with Crippen molar-refractivity contribution in [2.45, 2.75) is 72.6 Å². The first-order valence-electron chi connectivity index (χ1n) is 22.2. The van der Waals surface area contributed by atoms with E-state index in [0.29, 0.717) is 63.4 Å². The van der Waals surface area contributed by atoms with Gasteiger partial charge in [0.05, 0.1) is 45.8 Å². The van der Waals surface area contributed by atoms with Crippen LogP contribution in [0.3, 0.4) is 0 Å². The number of nitrogens with one attached hydrogen (secondary N) is 1. The Morgan fingerprint density at radius 3 is 1.28 bits per heavy atom. The fraction of sp³-hybridized carbons (Fsp3) is 0.609. The van der Waals surface area contributed by atoms with Gasteiger partial charge in [-0.1, -0.05) is 51.7 Å². The molecule has 0 bridgehead atoms. The fourth-order valence-corrected chi connectivity index (χ4v) is 7.12. The molecule has 0 aliphatic rings. The van der Waals surface area contributed by atoms with Crippen LogP contribution in [0.2, 0.25) is 0 Å². The summed E-state index contributed by atoms with van der Waals surface area (Å²) < 4.78 is 0. The molecule has 0 radical (unpaired) electrons. The maximum Gasteiger partial charge on any atom is 0.243 e. The SMILES string of the molecule is C#CCN(CC(N)=O)C(=O)CN(CCC)C(=O)CN(CCC)C(=O)CN(CCC)C(=O)CN(CCC)C(=O)CN(CC#C)C(=O)CNC(=O)CCCc1ccc(N(CCCl)CCCl)cc1. The number of primary amides is 1. The van der Waals surface area contributed by atoms with Crippen molar-refractivity contribution in [1.29, 1.82) is 0 Å². The molecule has 0 saturated heterocycles.